The maximum absolute atomic E-state index is 16.1. The predicted octanol–water partition coefficient (Wildman–Crippen LogP) is 6.91. The van der Waals surface area contributed by atoms with Crippen molar-refractivity contribution in [3.8, 4) is 39.5 Å². The maximum atomic E-state index is 16.1. The minimum atomic E-state index is -0.949. The zero-order valence-corrected chi connectivity index (χ0v) is 26.6. The molecule has 1 amide bonds. The van der Waals surface area contributed by atoms with Gasteiger partial charge in [-0.1, -0.05) is 12.6 Å². The van der Waals surface area contributed by atoms with E-state index in [-0.39, 0.29) is 53.1 Å². The molecule has 240 valence electrons. The SMILES string of the molecule is C=CC(=O)N1CCn2nc(-c3nc(-c4ccc5c(c4)ncn5C)c4scc(F)c4c3-c3c(F)cc(F)cc3OCCOC)cc2[C@H]1C. The normalized spacial score (nSPS) is 14.6. The first-order valence-electron chi connectivity index (χ1n) is 14.8. The molecule has 0 fully saturated rings. The molecule has 1 aliphatic heterocycles. The summed E-state index contributed by atoms with van der Waals surface area (Å²) in [5.41, 5.74) is 3.89. The van der Waals surface area contributed by atoms with Gasteiger partial charge in [0.2, 0.25) is 5.91 Å². The Morgan fingerprint density at radius 3 is 2.70 bits per heavy atom. The van der Waals surface area contributed by atoms with Gasteiger partial charge in [-0.05, 0) is 31.2 Å². The lowest BCUT2D eigenvalue weighted by Gasteiger charge is -2.33. The van der Waals surface area contributed by atoms with Crippen LogP contribution in [0.3, 0.4) is 0 Å². The third-order valence-corrected chi connectivity index (χ3v) is 9.40. The van der Waals surface area contributed by atoms with Gasteiger partial charge in [-0.15, -0.1) is 11.3 Å². The van der Waals surface area contributed by atoms with Crippen LogP contribution in [0.5, 0.6) is 5.75 Å². The number of aromatic nitrogens is 5. The third kappa shape index (κ3) is 5.15. The molecule has 2 aromatic carbocycles. The van der Waals surface area contributed by atoms with Gasteiger partial charge < -0.3 is 18.9 Å². The smallest absolute Gasteiger partial charge is 0.246 e. The number of ether oxygens (including phenoxy) is 2. The monoisotopic (exact) mass is 658 g/mol. The summed E-state index contributed by atoms with van der Waals surface area (Å²) in [5, 5.41) is 6.28. The summed E-state index contributed by atoms with van der Waals surface area (Å²) in [6.45, 7) is 6.44. The summed E-state index contributed by atoms with van der Waals surface area (Å²) >= 11 is 1.13. The van der Waals surface area contributed by atoms with E-state index in [0.717, 1.165) is 34.5 Å². The van der Waals surface area contributed by atoms with Crippen LogP contribution in [0.2, 0.25) is 0 Å². The minimum Gasteiger partial charge on any atom is -0.490 e. The van der Waals surface area contributed by atoms with Crippen molar-refractivity contribution in [2.45, 2.75) is 19.5 Å². The Hall–Kier alpha value is -5.01. The van der Waals surface area contributed by atoms with Crippen LogP contribution in [0.1, 0.15) is 18.7 Å². The fourth-order valence-corrected chi connectivity index (χ4v) is 7.10. The number of aryl methyl sites for hydroxylation is 1. The molecule has 0 radical (unpaired) electrons. The van der Waals surface area contributed by atoms with Gasteiger partial charge in [-0.25, -0.2) is 23.1 Å². The molecule has 0 spiro atoms. The Balaban J connectivity index is 1.53. The molecule has 0 unspecified atom stereocenters. The van der Waals surface area contributed by atoms with E-state index in [1.807, 2.05) is 36.7 Å². The van der Waals surface area contributed by atoms with Crippen molar-refractivity contribution >= 4 is 38.4 Å². The highest BCUT2D eigenvalue weighted by molar-refractivity contribution is 7.17. The van der Waals surface area contributed by atoms with Crippen LogP contribution in [0.4, 0.5) is 13.2 Å². The van der Waals surface area contributed by atoms with Gasteiger partial charge in [-0.2, -0.15) is 5.10 Å². The van der Waals surface area contributed by atoms with Crippen LogP contribution < -0.4 is 4.74 Å². The number of fused-ring (bicyclic) bond motifs is 3. The minimum absolute atomic E-state index is 0.00392. The number of thiophene rings is 1. The zero-order chi connectivity index (χ0) is 33.0. The number of carbonyl (C=O) groups is 1. The highest BCUT2D eigenvalue weighted by atomic mass is 32.1. The Kier molecular flexibility index (Phi) is 7.80. The molecule has 1 atom stereocenters. The number of halogens is 3. The Morgan fingerprint density at radius 1 is 1.09 bits per heavy atom. The highest BCUT2D eigenvalue weighted by Crippen LogP contribution is 2.48. The summed E-state index contributed by atoms with van der Waals surface area (Å²) in [5.74, 6) is -2.75. The molecule has 1 aliphatic rings. The number of carbonyl (C=O) groups excluding carboxylic acids is 1. The maximum Gasteiger partial charge on any atom is 0.246 e. The average Bonchev–Trinajstić information content (AvgIpc) is 3.77. The van der Waals surface area contributed by atoms with E-state index in [2.05, 4.69) is 11.6 Å². The number of amides is 1. The quantitative estimate of drug-likeness (QED) is 0.131. The number of pyridine rings is 1. The summed E-state index contributed by atoms with van der Waals surface area (Å²) < 4.78 is 61.8. The highest BCUT2D eigenvalue weighted by Gasteiger charge is 2.32. The lowest BCUT2D eigenvalue weighted by molar-refractivity contribution is -0.129. The van der Waals surface area contributed by atoms with Gasteiger partial charge in [0, 0.05) is 54.7 Å². The molecule has 9 nitrogen and oxygen atoms in total. The van der Waals surface area contributed by atoms with Crippen LogP contribution in [-0.4, -0.2) is 62.0 Å². The van der Waals surface area contributed by atoms with Crippen molar-refractivity contribution in [3.05, 3.63) is 83.9 Å². The van der Waals surface area contributed by atoms with Crippen LogP contribution in [0.15, 0.2) is 60.8 Å². The summed E-state index contributed by atoms with van der Waals surface area (Å²) in [6.07, 6.45) is 2.97. The van der Waals surface area contributed by atoms with Crippen LogP contribution in [0.25, 0.3) is 54.9 Å². The van der Waals surface area contributed by atoms with Crippen molar-refractivity contribution in [1.82, 2.24) is 29.2 Å². The number of methoxy groups -OCH3 is 1. The van der Waals surface area contributed by atoms with Crippen LogP contribution in [-0.2, 0) is 23.1 Å². The van der Waals surface area contributed by atoms with Gasteiger partial charge in [0.1, 0.15) is 41.2 Å². The molecule has 0 saturated carbocycles. The molecule has 0 bridgehead atoms. The number of benzene rings is 2. The summed E-state index contributed by atoms with van der Waals surface area (Å²) in [4.78, 5) is 23.8. The van der Waals surface area contributed by atoms with Gasteiger partial charge in [0.25, 0.3) is 0 Å². The van der Waals surface area contributed by atoms with E-state index in [1.54, 1.807) is 22.0 Å². The fourth-order valence-electron chi connectivity index (χ4n) is 6.17. The van der Waals surface area contributed by atoms with Crippen molar-refractivity contribution in [2.75, 3.05) is 26.9 Å². The topological polar surface area (TPSA) is 87.3 Å². The van der Waals surface area contributed by atoms with Gasteiger partial charge in [0.15, 0.2) is 0 Å². The molecule has 5 heterocycles. The first-order valence-corrected chi connectivity index (χ1v) is 15.7. The first-order chi connectivity index (χ1) is 22.7. The van der Waals surface area contributed by atoms with Crippen molar-refractivity contribution in [3.63, 3.8) is 0 Å². The number of hydrogen-bond donors (Lipinski definition) is 0. The second-order valence-corrected chi connectivity index (χ2v) is 12.1. The largest absolute Gasteiger partial charge is 0.490 e. The number of rotatable bonds is 8. The van der Waals surface area contributed by atoms with Crippen molar-refractivity contribution < 1.29 is 27.4 Å². The average molecular weight is 659 g/mol. The van der Waals surface area contributed by atoms with E-state index >= 15 is 8.78 Å². The number of nitrogens with zero attached hydrogens (tertiary/aromatic N) is 6. The van der Waals surface area contributed by atoms with Crippen LogP contribution in [0, 0.1) is 17.5 Å². The number of imidazole rings is 1. The van der Waals surface area contributed by atoms with Crippen LogP contribution >= 0.6 is 11.3 Å². The standard InChI is InChI=1S/C34H29F3N6O3S/c1-5-28(44)42-8-9-43-26(18(42)2)15-24(40-43)33-31(29-21(36)13-20(35)14-27(29)46-11-10-45-4)30-22(37)16-47-34(30)32(39-33)19-6-7-25-23(12-19)38-17-41(25)3/h5-7,12-18H,1,8-11H2,2-4H3/t18-/m1/s1. The molecule has 0 aliphatic carbocycles. The lowest BCUT2D eigenvalue weighted by Crippen LogP contribution is -2.40. The van der Waals surface area contributed by atoms with Crippen molar-refractivity contribution in [1.29, 1.82) is 0 Å². The second-order valence-electron chi connectivity index (χ2n) is 11.2. The molecular weight excluding hydrogens is 629 g/mol. The van der Waals surface area contributed by atoms with Gasteiger partial charge in [0.05, 0.1) is 58.2 Å². The fraction of sp³-hybridized carbons (Fsp3) is 0.235. The molecule has 0 N–H and O–H groups in total. The van der Waals surface area contributed by atoms with Gasteiger partial charge in [-0.3, -0.25) is 9.48 Å². The van der Waals surface area contributed by atoms with Crippen molar-refractivity contribution in [2.24, 2.45) is 7.05 Å². The summed E-state index contributed by atoms with van der Waals surface area (Å²) in [7, 11) is 3.37. The number of hydrogen-bond acceptors (Lipinski definition) is 7. The molecule has 47 heavy (non-hydrogen) atoms. The lowest BCUT2D eigenvalue weighted by atomic mass is 9.94. The first kappa shape index (κ1) is 30.6. The molecule has 13 heteroatoms. The zero-order valence-electron chi connectivity index (χ0n) is 25.8. The Labute approximate surface area is 271 Å². The Morgan fingerprint density at radius 2 is 1.91 bits per heavy atom. The summed E-state index contributed by atoms with van der Waals surface area (Å²) in [6, 6.07) is 8.87. The van der Waals surface area contributed by atoms with E-state index in [9.17, 15) is 9.18 Å². The Bertz CT molecular complexity index is 2210. The molecule has 7 rings (SSSR count). The van der Waals surface area contributed by atoms with E-state index < -0.39 is 17.5 Å². The molecular formula is C34H29F3N6O3S. The second kappa shape index (κ2) is 12.0. The van der Waals surface area contributed by atoms with Gasteiger partial charge >= 0.3 is 0 Å². The molecule has 0 saturated heterocycles. The van der Waals surface area contributed by atoms with E-state index in [4.69, 9.17) is 19.6 Å². The van der Waals surface area contributed by atoms with E-state index in [1.165, 1.54) is 18.6 Å². The van der Waals surface area contributed by atoms with E-state index in [0.29, 0.717) is 40.4 Å². The molecule has 6 aromatic rings. The molecule has 4 aromatic heterocycles. The third-order valence-electron chi connectivity index (χ3n) is 8.44. The predicted molar refractivity (Wildman–Crippen MR) is 174 cm³/mol.